The quantitative estimate of drug-likeness (QED) is 0.795. The third kappa shape index (κ3) is 4.73. The SMILES string of the molecule is O=C(/C=C/c1ccc(N2CCCS2(=O)=O)cc1)NCCc1ccccc1. The number of nitrogens with zero attached hydrogens (tertiary/aromatic N) is 1. The van der Waals surface area contributed by atoms with Crippen molar-refractivity contribution in [3.8, 4) is 0 Å². The van der Waals surface area contributed by atoms with Crippen LogP contribution in [-0.2, 0) is 21.2 Å². The molecule has 5 nitrogen and oxygen atoms in total. The highest BCUT2D eigenvalue weighted by Gasteiger charge is 2.28. The van der Waals surface area contributed by atoms with Crippen molar-refractivity contribution in [2.45, 2.75) is 12.8 Å². The fourth-order valence-electron chi connectivity index (χ4n) is 2.89. The molecule has 0 unspecified atom stereocenters. The first-order valence-corrected chi connectivity index (χ1v) is 10.3. The van der Waals surface area contributed by atoms with Gasteiger partial charge in [0, 0.05) is 19.2 Å². The number of carbonyl (C=O) groups is 1. The fourth-order valence-corrected chi connectivity index (χ4v) is 4.45. The van der Waals surface area contributed by atoms with Gasteiger partial charge in [0.05, 0.1) is 11.4 Å². The summed E-state index contributed by atoms with van der Waals surface area (Å²) in [5.74, 6) is 0.0600. The number of hydrogen-bond acceptors (Lipinski definition) is 3. The first-order valence-electron chi connectivity index (χ1n) is 8.65. The summed E-state index contributed by atoms with van der Waals surface area (Å²) < 4.78 is 25.3. The zero-order valence-corrected chi connectivity index (χ0v) is 15.3. The van der Waals surface area contributed by atoms with Crippen molar-refractivity contribution in [2.24, 2.45) is 0 Å². The molecule has 2 aromatic carbocycles. The van der Waals surface area contributed by atoms with Crippen molar-refractivity contribution in [1.29, 1.82) is 0 Å². The standard InChI is InChI=1S/C20H22N2O3S/c23-20(21-14-13-17-5-2-1-3-6-17)12-9-18-7-10-19(11-8-18)22-15-4-16-26(22,24)25/h1-3,5-12H,4,13-16H2,(H,21,23)/b12-9+. The number of rotatable bonds is 6. The molecule has 0 radical (unpaired) electrons. The Hall–Kier alpha value is -2.60. The van der Waals surface area contributed by atoms with Gasteiger partial charge in [0.15, 0.2) is 0 Å². The zero-order chi connectivity index (χ0) is 18.4. The third-order valence-corrected chi connectivity index (χ3v) is 6.13. The van der Waals surface area contributed by atoms with E-state index in [0.29, 0.717) is 25.2 Å². The van der Waals surface area contributed by atoms with Gasteiger partial charge in [-0.1, -0.05) is 42.5 Å². The van der Waals surface area contributed by atoms with Crippen LogP contribution >= 0.6 is 0 Å². The number of benzene rings is 2. The Morgan fingerprint density at radius 2 is 1.81 bits per heavy atom. The molecule has 1 amide bonds. The van der Waals surface area contributed by atoms with Crippen molar-refractivity contribution in [1.82, 2.24) is 5.32 Å². The van der Waals surface area contributed by atoms with E-state index >= 15 is 0 Å². The maximum absolute atomic E-state index is 11.9. The van der Waals surface area contributed by atoms with Gasteiger partial charge in [0.2, 0.25) is 15.9 Å². The van der Waals surface area contributed by atoms with Crippen LogP contribution in [0.5, 0.6) is 0 Å². The number of carbonyl (C=O) groups excluding carboxylic acids is 1. The van der Waals surface area contributed by atoms with E-state index in [1.165, 1.54) is 15.9 Å². The van der Waals surface area contributed by atoms with E-state index in [0.717, 1.165) is 12.0 Å². The maximum atomic E-state index is 11.9. The average Bonchev–Trinajstić information content (AvgIpc) is 3.00. The van der Waals surface area contributed by atoms with E-state index < -0.39 is 10.0 Å². The van der Waals surface area contributed by atoms with E-state index in [4.69, 9.17) is 0 Å². The van der Waals surface area contributed by atoms with Crippen LogP contribution in [0.15, 0.2) is 60.7 Å². The normalized spacial score (nSPS) is 16.1. The predicted octanol–water partition coefficient (Wildman–Crippen LogP) is 2.60. The number of anilines is 1. The molecule has 136 valence electrons. The Kier molecular flexibility index (Phi) is 5.73. The van der Waals surface area contributed by atoms with Gasteiger partial charge < -0.3 is 5.32 Å². The summed E-state index contributed by atoms with van der Waals surface area (Å²) in [6.45, 7) is 1.11. The minimum absolute atomic E-state index is 0.146. The lowest BCUT2D eigenvalue weighted by Crippen LogP contribution is -2.24. The van der Waals surface area contributed by atoms with Crippen molar-refractivity contribution in [3.63, 3.8) is 0 Å². The third-order valence-electron chi connectivity index (χ3n) is 4.26. The molecule has 0 atom stereocenters. The van der Waals surface area contributed by atoms with Crippen LogP contribution in [0.1, 0.15) is 17.5 Å². The summed E-state index contributed by atoms with van der Waals surface area (Å²) in [6, 6.07) is 17.2. The highest BCUT2D eigenvalue weighted by molar-refractivity contribution is 7.93. The lowest BCUT2D eigenvalue weighted by Gasteiger charge is -2.16. The van der Waals surface area contributed by atoms with Crippen LogP contribution in [0.3, 0.4) is 0 Å². The Bertz CT molecular complexity index is 875. The van der Waals surface area contributed by atoms with E-state index in [1.54, 1.807) is 18.2 Å². The van der Waals surface area contributed by atoms with Gasteiger partial charge in [-0.05, 0) is 42.2 Å². The zero-order valence-electron chi connectivity index (χ0n) is 14.5. The van der Waals surface area contributed by atoms with Crippen molar-refractivity contribution < 1.29 is 13.2 Å². The molecular formula is C20H22N2O3S. The molecule has 2 aromatic rings. The number of sulfonamides is 1. The van der Waals surface area contributed by atoms with E-state index in [-0.39, 0.29) is 11.7 Å². The molecule has 1 heterocycles. The van der Waals surface area contributed by atoms with Crippen molar-refractivity contribution >= 4 is 27.7 Å². The van der Waals surface area contributed by atoms with Crippen LogP contribution in [0.2, 0.25) is 0 Å². The van der Waals surface area contributed by atoms with Gasteiger partial charge in [-0.2, -0.15) is 0 Å². The van der Waals surface area contributed by atoms with E-state index in [2.05, 4.69) is 5.32 Å². The molecule has 3 rings (SSSR count). The van der Waals surface area contributed by atoms with Gasteiger partial charge in [0.1, 0.15) is 0 Å². The summed E-state index contributed by atoms with van der Waals surface area (Å²) >= 11 is 0. The molecule has 1 saturated heterocycles. The van der Waals surface area contributed by atoms with Crippen molar-refractivity contribution in [3.05, 3.63) is 71.8 Å². The predicted molar refractivity (Wildman–Crippen MR) is 104 cm³/mol. The average molecular weight is 370 g/mol. The van der Waals surface area contributed by atoms with Crippen LogP contribution in [0, 0.1) is 0 Å². The monoisotopic (exact) mass is 370 g/mol. The summed E-state index contributed by atoms with van der Waals surface area (Å²) in [7, 11) is -3.16. The summed E-state index contributed by atoms with van der Waals surface area (Å²) in [4.78, 5) is 11.9. The number of nitrogens with one attached hydrogen (secondary N) is 1. The Morgan fingerprint density at radius 3 is 2.46 bits per heavy atom. The van der Waals surface area contributed by atoms with Gasteiger partial charge in [-0.3, -0.25) is 9.10 Å². The van der Waals surface area contributed by atoms with Gasteiger partial charge in [-0.15, -0.1) is 0 Å². The van der Waals surface area contributed by atoms with Gasteiger partial charge in [0.25, 0.3) is 0 Å². The first kappa shape index (κ1) is 18.2. The largest absolute Gasteiger partial charge is 0.352 e. The molecule has 0 spiro atoms. The molecule has 6 heteroatoms. The van der Waals surface area contributed by atoms with Crippen LogP contribution in [0.25, 0.3) is 6.08 Å². The minimum atomic E-state index is -3.16. The Balaban J connectivity index is 1.51. The summed E-state index contributed by atoms with van der Waals surface area (Å²) in [5.41, 5.74) is 2.71. The first-order chi connectivity index (χ1) is 12.5. The lowest BCUT2D eigenvalue weighted by atomic mass is 10.1. The fraction of sp³-hybridized carbons (Fsp3) is 0.250. The van der Waals surface area contributed by atoms with E-state index in [9.17, 15) is 13.2 Å². The molecule has 0 bridgehead atoms. The van der Waals surface area contributed by atoms with Crippen molar-refractivity contribution in [2.75, 3.05) is 23.1 Å². The molecule has 1 aliphatic rings. The maximum Gasteiger partial charge on any atom is 0.244 e. The highest BCUT2D eigenvalue weighted by atomic mass is 32.2. The molecular weight excluding hydrogens is 348 g/mol. The second-order valence-electron chi connectivity index (χ2n) is 6.19. The van der Waals surface area contributed by atoms with Crippen LogP contribution in [-0.4, -0.2) is 33.2 Å². The van der Waals surface area contributed by atoms with Gasteiger partial charge in [-0.25, -0.2) is 8.42 Å². The molecule has 0 saturated carbocycles. The molecule has 1 fully saturated rings. The molecule has 26 heavy (non-hydrogen) atoms. The molecule has 1 aliphatic heterocycles. The second kappa shape index (κ2) is 8.19. The minimum Gasteiger partial charge on any atom is -0.352 e. The van der Waals surface area contributed by atoms with Gasteiger partial charge >= 0.3 is 0 Å². The van der Waals surface area contributed by atoms with E-state index in [1.807, 2.05) is 42.5 Å². The highest BCUT2D eigenvalue weighted by Crippen LogP contribution is 2.24. The summed E-state index contributed by atoms with van der Waals surface area (Å²) in [6.07, 6.45) is 4.67. The second-order valence-corrected chi connectivity index (χ2v) is 8.21. The summed E-state index contributed by atoms with van der Waals surface area (Å²) in [5, 5.41) is 2.86. The van der Waals surface area contributed by atoms with Crippen LogP contribution < -0.4 is 9.62 Å². The lowest BCUT2D eigenvalue weighted by molar-refractivity contribution is -0.116. The smallest absolute Gasteiger partial charge is 0.244 e. The molecule has 0 aromatic heterocycles. The number of hydrogen-bond donors (Lipinski definition) is 1. The topological polar surface area (TPSA) is 66.5 Å². The Morgan fingerprint density at radius 1 is 1.08 bits per heavy atom. The molecule has 0 aliphatic carbocycles. The molecule has 1 N–H and O–H groups in total. The Labute approximate surface area is 154 Å². The number of amides is 1. The van der Waals surface area contributed by atoms with Crippen LogP contribution in [0.4, 0.5) is 5.69 Å².